The summed E-state index contributed by atoms with van der Waals surface area (Å²) in [5, 5.41) is 0. The lowest BCUT2D eigenvalue weighted by atomic mass is 9.79. The topological polar surface area (TPSA) is 46.6 Å². The van der Waals surface area contributed by atoms with Gasteiger partial charge in [0.15, 0.2) is 0 Å². The zero-order chi connectivity index (χ0) is 18.8. The van der Waals surface area contributed by atoms with Gasteiger partial charge in [-0.25, -0.2) is 0 Å². The predicted octanol–water partition coefficient (Wildman–Crippen LogP) is 5.10. The summed E-state index contributed by atoms with van der Waals surface area (Å²) in [5.74, 6) is 1.10. The molecule has 0 bridgehead atoms. The molecule has 4 nitrogen and oxygen atoms in total. The number of rotatable bonds is 8. The Labute approximate surface area is 160 Å². The van der Waals surface area contributed by atoms with Crippen LogP contribution in [0.5, 0.6) is 0 Å². The lowest BCUT2D eigenvalue weighted by molar-refractivity contribution is -0.144. The Kier molecular flexibility index (Phi) is 9.49. The van der Waals surface area contributed by atoms with Gasteiger partial charge in [0.25, 0.3) is 0 Å². The van der Waals surface area contributed by atoms with Gasteiger partial charge in [0, 0.05) is 18.5 Å². The van der Waals surface area contributed by atoms with Crippen molar-refractivity contribution in [3.63, 3.8) is 0 Å². The van der Waals surface area contributed by atoms with Crippen molar-refractivity contribution in [3.05, 3.63) is 0 Å². The summed E-state index contributed by atoms with van der Waals surface area (Å²) in [6.45, 7) is 2.78. The molecule has 1 amide bonds. The second kappa shape index (κ2) is 11.6. The molecule has 2 aliphatic rings. The Morgan fingerprint density at radius 1 is 0.962 bits per heavy atom. The normalized spacial score (nSPS) is 24.7. The van der Waals surface area contributed by atoms with E-state index in [-0.39, 0.29) is 11.9 Å². The summed E-state index contributed by atoms with van der Waals surface area (Å²) in [7, 11) is 1.43. The van der Waals surface area contributed by atoms with E-state index in [0.29, 0.717) is 24.9 Å². The fraction of sp³-hybridized carbons (Fsp3) is 0.909. The fourth-order valence-electron chi connectivity index (χ4n) is 4.78. The number of esters is 1. The van der Waals surface area contributed by atoms with Gasteiger partial charge >= 0.3 is 5.97 Å². The first-order valence-electron chi connectivity index (χ1n) is 11.0. The molecule has 2 aliphatic carbocycles. The van der Waals surface area contributed by atoms with Crippen LogP contribution >= 0.6 is 0 Å². The maximum absolute atomic E-state index is 13.3. The molecule has 0 saturated heterocycles. The van der Waals surface area contributed by atoms with Crippen molar-refractivity contribution in [1.82, 2.24) is 4.90 Å². The minimum absolute atomic E-state index is 0.175. The summed E-state index contributed by atoms with van der Waals surface area (Å²) in [6.07, 6.45) is 15.9. The molecule has 2 fully saturated rings. The SMILES string of the molecule is CCCCC1CCC(C(=O)N(CCC(=O)OC)C2CCCCCC2)CC1. The second-order valence-corrected chi connectivity index (χ2v) is 8.36. The zero-order valence-corrected chi connectivity index (χ0v) is 17.0. The smallest absolute Gasteiger partial charge is 0.307 e. The van der Waals surface area contributed by atoms with Crippen LogP contribution in [-0.4, -0.2) is 36.5 Å². The van der Waals surface area contributed by atoms with Crippen molar-refractivity contribution in [3.8, 4) is 0 Å². The van der Waals surface area contributed by atoms with E-state index in [9.17, 15) is 9.59 Å². The van der Waals surface area contributed by atoms with Crippen LogP contribution in [0.2, 0.25) is 0 Å². The molecule has 0 aliphatic heterocycles. The van der Waals surface area contributed by atoms with Crippen LogP contribution in [0.1, 0.15) is 96.8 Å². The molecule has 0 aromatic carbocycles. The standard InChI is InChI=1S/C22H39NO3/c1-3-4-9-18-12-14-19(15-13-18)22(25)23(17-16-21(24)26-2)20-10-7-5-6-8-11-20/h18-20H,3-17H2,1-2H3. The van der Waals surface area contributed by atoms with Gasteiger partial charge in [0.2, 0.25) is 5.91 Å². The number of unbranched alkanes of at least 4 members (excludes halogenated alkanes) is 1. The highest BCUT2D eigenvalue weighted by Gasteiger charge is 2.33. The highest BCUT2D eigenvalue weighted by Crippen LogP contribution is 2.34. The Morgan fingerprint density at radius 3 is 2.19 bits per heavy atom. The van der Waals surface area contributed by atoms with Crippen LogP contribution in [0, 0.1) is 11.8 Å². The van der Waals surface area contributed by atoms with Crippen LogP contribution in [-0.2, 0) is 14.3 Å². The molecular formula is C22H39NO3. The van der Waals surface area contributed by atoms with E-state index in [0.717, 1.165) is 31.6 Å². The number of hydrogen-bond donors (Lipinski definition) is 0. The van der Waals surface area contributed by atoms with Gasteiger partial charge in [0.1, 0.15) is 0 Å². The Hall–Kier alpha value is -1.06. The zero-order valence-electron chi connectivity index (χ0n) is 17.0. The molecule has 0 atom stereocenters. The van der Waals surface area contributed by atoms with Crippen molar-refractivity contribution < 1.29 is 14.3 Å². The third-order valence-corrected chi connectivity index (χ3v) is 6.49. The molecule has 0 radical (unpaired) electrons. The van der Waals surface area contributed by atoms with Crippen molar-refractivity contribution in [2.45, 2.75) is 103 Å². The average Bonchev–Trinajstić information content (AvgIpc) is 2.96. The van der Waals surface area contributed by atoms with Gasteiger partial charge in [-0.1, -0.05) is 51.9 Å². The van der Waals surface area contributed by atoms with Crippen LogP contribution < -0.4 is 0 Å². The van der Waals surface area contributed by atoms with Crippen molar-refractivity contribution in [2.24, 2.45) is 11.8 Å². The van der Waals surface area contributed by atoms with Crippen LogP contribution in [0.4, 0.5) is 0 Å². The maximum atomic E-state index is 13.3. The third-order valence-electron chi connectivity index (χ3n) is 6.49. The van der Waals surface area contributed by atoms with Crippen molar-refractivity contribution in [2.75, 3.05) is 13.7 Å². The summed E-state index contributed by atoms with van der Waals surface area (Å²) >= 11 is 0. The quantitative estimate of drug-likeness (QED) is 0.444. The Bertz CT molecular complexity index is 421. The van der Waals surface area contributed by atoms with Crippen LogP contribution in [0.25, 0.3) is 0 Å². The molecule has 0 N–H and O–H groups in total. The first kappa shape index (κ1) is 21.2. The average molecular weight is 366 g/mol. The largest absolute Gasteiger partial charge is 0.469 e. The molecule has 150 valence electrons. The second-order valence-electron chi connectivity index (χ2n) is 8.36. The highest BCUT2D eigenvalue weighted by molar-refractivity contribution is 5.80. The molecule has 4 heteroatoms. The molecule has 0 spiro atoms. The predicted molar refractivity (Wildman–Crippen MR) is 105 cm³/mol. The fourth-order valence-corrected chi connectivity index (χ4v) is 4.78. The molecule has 2 rings (SSSR count). The summed E-state index contributed by atoms with van der Waals surface area (Å²) in [5.41, 5.74) is 0. The minimum Gasteiger partial charge on any atom is -0.469 e. The number of hydrogen-bond acceptors (Lipinski definition) is 3. The molecule has 2 saturated carbocycles. The Balaban J connectivity index is 1.94. The van der Waals surface area contributed by atoms with Gasteiger partial charge in [-0.15, -0.1) is 0 Å². The van der Waals surface area contributed by atoms with E-state index >= 15 is 0 Å². The van der Waals surface area contributed by atoms with Crippen LogP contribution in [0.15, 0.2) is 0 Å². The minimum atomic E-state index is -0.209. The third kappa shape index (κ3) is 6.59. The maximum Gasteiger partial charge on any atom is 0.307 e. The highest BCUT2D eigenvalue weighted by atomic mass is 16.5. The first-order valence-corrected chi connectivity index (χ1v) is 11.0. The number of methoxy groups -OCH3 is 1. The van der Waals surface area contributed by atoms with Crippen molar-refractivity contribution in [1.29, 1.82) is 0 Å². The molecule has 0 heterocycles. The summed E-state index contributed by atoms with van der Waals surface area (Å²) in [6, 6.07) is 0.326. The van der Waals surface area contributed by atoms with E-state index in [4.69, 9.17) is 4.74 Å². The van der Waals surface area contributed by atoms with E-state index in [1.165, 1.54) is 64.9 Å². The molecule has 0 aromatic rings. The van der Waals surface area contributed by atoms with Gasteiger partial charge in [-0.2, -0.15) is 0 Å². The van der Waals surface area contributed by atoms with Gasteiger partial charge in [0.05, 0.1) is 13.5 Å². The Morgan fingerprint density at radius 2 is 1.62 bits per heavy atom. The molecular weight excluding hydrogens is 326 g/mol. The molecule has 0 aromatic heterocycles. The summed E-state index contributed by atoms with van der Waals surface area (Å²) in [4.78, 5) is 27.0. The number of amides is 1. The van der Waals surface area contributed by atoms with E-state index in [1.54, 1.807) is 0 Å². The van der Waals surface area contributed by atoms with Gasteiger partial charge in [-0.3, -0.25) is 9.59 Å². The first-order chi connectivity index (χ1) is 12.7. The number of carbonyl (C=O) groups excluding carboxylic acids is 2. The molecule has 0 unspecified atom stereocenters. The van der Waals surface area contributed by atoms with Crippen molar-refractivity contribution >= 4 is 11.9 Å². The van der Waals surface area contributed by atoms with Gasteiger partial charge < -0.3 is 9.64 Å². The summed E-state index contributed by atoms with van der Waals surface area (Å²) < 4.78 is 4.81. The van der Waals surface area contributed by atoms with E-state index in [2.05, 4.69) is 11.8 Å². The monoisotopic (exact) mass is 365 g/mol. The number of carbonyl (C=O) groups is 2. The molecule has 26 heavy (non-hydrogen) atoms. The van der Waals surface area contributed by atoms with E-state index < -0.39 is 0 Å². The van der Waals surface area contributed by atoms with E-state index in [1.807, 2.05) is 0 Å². The number of ether oxygens (including phenoxy) is 1. The van der Waals surface area contributed by atoms with Crippen LogP contribution in [0.3, 0.4) is 0 Å². The lowest BCUT2D eigenvalue weighted by Crippen LogP contribution is -2.45. The lowest BCUT2D eigenvalue weighted by Gasteiger charge is -2.36. The van der Waals surface area contributed by atoms with Gasteiger partial charge in [-0.05, 0) is 44.4 Å². The number of nitrogens with zero attached hydrogens (tertiary/aromatic N) is 1.